The van der Waals surface area contributed by atoms with Crippen molar-refractivity contribution in [3.63, 3.8) is 0 Å². The lowest BCUT2D eigenvalue weighted by Crippen LogP contribution is -2.57. The molecular formula is C25H32IN7O4S. The van der Waals surface area contributed by atoms with E-state index in [-0.39, 0.29) is 23.6 Å². The molecule has 2 aromatic heterocycles. The number of alkyl halides is 1. The SMILES string of the molecule is CN1CCc2nc(C(=O)N[C@@H]3CC(C(=O)N(C)C)CC[C@@H]3NC(=O)C(=O)Nc3ccc(CI)cn3)sc2C1. The minimum absolute atomic E-state index is 0.0273. The Hall–Kier alpha value is -2.65. The first-order chi connectivity index (χ1) is 18.1. The van der Waals surface area contributed by atoms with Crippen LogP contribution in [-0.4, -0.2) is 83.2 Å². The summed E-state index contributed by atoms with van der Waals surface area (Å²) in [5.74, 6) is -2.04. The number of likely N-dealkylation sites (N-methyl/N-ethyl adjacent to an activating group) is 1. The first kappa shape index (κ1) is 28.4. The number of pyridine rings is 1. The Morgan fingerprint density at radius 2 is 1.92 bits per heavy atom. The van der Waals surface area contributed by atoms with Crippen LogP contribution in [0.4, 0.5) is 5.82 Å². The van der Waals surface area contributed by atoms with Gasteiger partial charge in [0.05, 0.1) is 11.7 Å². The number of rotatable bonds is 6. The smallest absolute Gasteiger partial charge is 0.314 e. The first-order valence-electron chi connectivity index (χ1n) is 12.5. The van der Waals surface area contributed by atoms with Crippen LogP contribution in [0.2, 0.25) is 0 Å². The molecule has 3 N–H and O–H groups in total. The average Bonchev–Trinajstić information content (AvgIpc) is 3.33. The van der Waals surface area contributed by atoms with E-state index in [9.17, 15) is 19.2 Å². The van der Waals surface area contributed by atoms with E-state index in [2.05, 4.69) is 53.4 Å². The van der Waals surface area contributed by atoms with Gasteiger partial charge in [-0.2, -0.15) is 0 Å². The molecule has 0 spiro atoms. The van der Waals surface area contributed by atoms with Crippen LogP contribution in [0.5, 0.6) is 0 Å². The van der Waals surface area contributed by atoms with Gasteiger partial charge in [-0.1, -0.05) is 28.7 Å². The Kier molecular flexibility index (Phi) is 9.31. The molecule has 2 aromatic rings. The van der Waals surface area contributed by atoms with Gasteiger partial charge in [-0.3, -0.25) is 19.2 Å². The summed E-state index contributed by atoms with van der Waals surface area (Å²) in [4.78, 5) is 64.8. The summed E-state index contributed by atoms with van der Waals surface area (Å²) in [6, 6.07) is 2.42. The maximum atomic E-state index is 13.2. The molecule has 204 valence electrons. The van der Waals surface area contributed by atoms with Crippen molar-refractivity contribution < 1.29 is 19.2 Å². The molecule has 0 saturated heterocycles. The van der Waals surface area contributed by atoms with Gasteiger partial charge >= 0.3 is 11.8 Å². The van der Waals surface area contributed by atoms with Crippen LogP contribution in [0, 0.1) is 5.92 Å². The van der Waals surface area contributed by atoms with Crippen LogP contribution in [0.3, 0.4) is 0 Å². The number of aromatic nitrogens is 2. The molecule has 0 radical (unpaired) electrons. The number of thiazole rings is 1. The van der Waals surface area contributed by atoms with Crippen molar-refractivity contribution in [2.75, 3.05) is 33.0 Å². The van der Waals surface area contributed by atoms with E-state index >= 15 is 0 Å². The van der Waals surface area contributed by atoms with E-state index in [1.54, 1.807) is 26.4 Å². The van der Waals surface area contributed by atoms with Gasteiger partial charge < -0.3 is 25.8 Å². The zero-order chi connectivity index (χ0) is 27.4. The highest BCUT2D eigenvalue weighted by Crippen LogP contribution is 2.28. The maximum absolute atomic E-state index is 13.2. The number of amides is 4. The number of hydrogen-bond acceptors (Lipinski definition) is 8. The molecule has 11 nitrogen and oxygen atoms in total. The summed E-state index contributed by atoms with van der Waals surface area (Å²) >= 11 is 3.59. The highest BCUT2D eigenvalue weighted by Gasteiger charge is 2.37. The predicted octanol–water partition coefficient (Wildman–Crippen LogP) is 1.57. The van der Waals surface area contributed by atoms with Crippen LogP contribution >= 0.6 is 33.9 Å². The number of halogens is 1. The average molecular weight is 654 g/mol. The lowest BCUT2D eigenvalue weighted by Gasteiger charge is -2.37. The number of nitrogens with zero attached hydrogens (tertiary/aromatic N) is 4. The summed E-state index contributed by atoms with van der Waals surface area (Å²) in [6.07, 6.45) is 3.76. The Morgan fingerprint density at radius 1 is 1.13 bits per heavy atom. The van der Waals surface area contributed by atoms with Crippen molar-refractivity contribution in [3.8, 4) is 0 Å². The van der Waals surface area contributed by atoms with Gasteiger partial charge in [-0.05, 0) is 37.9 Å². The Morgan fingerprint density at radius 3 is 2.61 bits per heavy atom. The molecule has 0 aromatic carbocycles. The molecule has 1 aliphatic heterocycles. The van der Waals surface area contributed by atoms with Crippen molar-refractivity contribution >= 4 is 63.4 Å². The van der Waals surface area contributed by atoms with Crippen molar-refractivity contribution in [2.45, 2.75) is 48.7 Å². The summed E-state index contributed by atoms with van der Waals surface area (Å²) in [5.41, 5.74) is 1.95. The van der Waals surface area contributed by atoms with Gasteiger partial charge in [0.2, 0.25) is 5.91 Å². The lowest BCUT2D eigenvalue weighted by molar-refractivity contribution is -0.137. The summed E-state index contributed by atoms with van der Waals surface area (Å²) in [7, 11) is 5.43. The topological polar surface area (TPSA) is 137 Å². The number of anilines is 1. The van der Waals surface area contributed by atoms with Gasteiger partial charge in [0.15, 0.2) is 5.01 Å². The van der Waals surface area contributed by atoms with E-state index < -0.39 is 23.9 Å². The minimum atomic E-state index is -0.840. The van der Waals surface area contributed by atoms with Gasteiger partial charge in [0.25, 0.3) is 5.91 Å². The molecule has 1 unspecified atom stereocenters. The Balaban J connectivity index is 1.44. The van der Waals surface area contributed by atoms with Crippen LogP contribution in [0.15, 0.2) is 18.3 Å². The third-order valence-electron chi connectivity index (χ3n) is 6.82. The summed E-state index contributed by atoms with van der Waals surface area (Å²) in [6.45, 7) is 1.65. The summed E-state index contributed by atoms with van der Waals surface area (Å²) < 4.78 is 0.784. The van der Waals surface area contributed by atoms with Gasteiger partial charge in [-0.15, -0.1) is 11.3 Å². The van der Waals surface area contributed by atoms with Gasteiger partial charge in [-0.25, -0.2) is 9.97 Å². The molecule has 3 heterocycles. The molecule has 1 aliphatic carbocycles. The first-order valence-corrected chi connectivity index (χ1v) is 14.8. The van der Waals surface area contributed by atoms with Crippen molar-refractivity contribution in [3.05, 3.63) is 39.5 Å². The Labute approximate surface area is 239 Å². The fourth-order valence-electron chi connectivity index (χ4n) is 4.73. The number of carbonyl (C=O) groups excluding carboxylic acids is 4. The van der Waals surface area contributed by atoms with Gasteiger partial charge in [0, 0.05) is 61.1 Å². The predicted molar refractivity (Wildman–Crippen MR) is 152 cm³/mol. The third-order valence-corrected chi connectivity index (χ3v) is 8.78. The zero-order valence-electron chi connectivity index (χ0n) is 21.6. The summed E-state index contributed by atoms with van der Waals surface area (Å²) in [5, 5.41) is 8.65. The molecule has 0 bridgehead atoms. The number of hydrogen-bond donors (Lipinski definition) is 3. The highest BCUT2D eigenvalue weighted by molar-refractivity contribution is 14.1. The van der Waals surface area contributed by atoms with E-state index in [1.807, 2.05) is 13.1 Å². The fourth-order valence-corrected chi connectivity index (χ4v) is 6.27. The molecule has 38 heavy (non-hydrogen) atoms. The maximum Gasteiger partial charge on any atom is 0.314 e. The second-order valence-electron chi connectivity index (χ2n) is 9.92. The number of carbonyl (C=O) groups is 4. The van der Waals surface area contributed by atoms with Gasteiger partial charge in [0.1, 0.15) is 5.82 Å². The molecule has 1 fully saturated rings. The van der Waals surface area contributed by atoms with E-state index in [1.165, 1.54) is 16.2 Å². The number of fused-ring (bicyclic) bond motifs is 1. The molecule has 4 amide bonds. The minimum Gasteiger partial charge on any atom is -0.349 e. The fraction of sp³-hybridized carbons (Fsp3) is 0.520. The zero-order valence-corrected chi connectivity index (χ0v) is 24.6. The lowest BCUT2D eigenvalue weighted by atomic mass is 9.81. The molecule has 1 saturated carbocycles. The normalized spacial score (nSPS) is 21.2. The van der Waals surface area contributed by atoms with Crippen molar-refractivity contribution in [2.24, 2.45) is 5.92 Å². The van der Waals surface area contributed by atoms with Crippen molar-refractivity contribution in [1.82, 2.24) is 30.4 Å². The highest BCUT2D eigenvalue weighted by atomic mass is 127. The largest absolute Gasteiger partial charge is 0.349 e. The second-order valence-corrected chi connectivity index (χ2v) is 11.8. The molecule has 3 atom stereocenters. The van der Waals surface area contributed by atoms with Crippen molar-refractivity contribution in [1.29, 1.82) is 0 Å². The second kappa shape index (κ2) is 12.5. The van der Waals surface area contributed by atoms with E-state index in [0.29, 0.717) is 24.3 Å². The van der Waals surface area contributed by atoms with E-state index in [4.69, 9.17) is 0 Å². The third kappa shape index (κ3) is 6.86. The van der Waals surface area contributed by atoms with E-state index in [0.717, 1.165) is 40.1 Å². The molecule has 2 aliphatic rings. The monoisotopic (exact) mass is 653 g/mol. The molecule has 4 rings (SSSR count). The van der Waals surface area contributed by atoms with Crippen LogP contribution in [0.25, 0.3) is 0 Å². The molecular weight excluding hydrogens is 621 g/mol. The van der Waals surface area contributed by atoms with Crippen LogP contribution in [-0.2, 0) is 31.8 Å². The Bertz CT molecular complexity index is 1200. The van der Waals surface area contributed by atoms with Crippen LogP contribution < -0.4 is 16.0 Å². The standard InChI is InChI=1S/C25H32IN7O4S/c1-32(2)25(37)15-5-6-16(28-21(34)22(35)31-20-7-4-14(11-26)12-27-20)18(10-15)29-23(36)24-30-17-8-9-33(3)13-19(17)38-24/h4,7,12,15-16,18H,5-6,8-11,13H2,1-3H3,(H,28,34)(H,29,36)(H,27,31,35)/t15?,16-,18+/m0/s1. The number of nitrogens with one attached hydrogen (secondary N) is 3. The molecule has 13 heteroatoms. The van der Waals surface area contributed by atoms with Crippen LogP contribution in [0.1, 0.15) is 45.2 Å². The quantitative estimate of drug-likeness (QED) is 0.245.